The van der Waals surface area contributed by atoms with Gasteiger partial charge in [-0.2, -0.15) is 4.98 Å². The lowest BCUT2D eigenvalue weighted by atomic mass is 10.1. The van der Waals surface area contributed by atoms with E-state index in [0.717, 1.165) is 53.9 Å². The van der Waals surface area contributed by atoms with Crippen LogP contribution >= 0.6 is 0 Å². The van der Waals surface area contributed by atoms with Gasteiger partial charge >= 0.3 is 6.03 Å². The number of hydrogen-bond acceptors (Lipinski definition) is 7. The normalized spacial score (nSPS) is 15.7. The molecule has 0 atom stereocenters. The highest BCUT2D eigenvalue weighted by molar-refractivity contribution is 6.06. The lowest BCUT2D eigenvalue weighted by molar-refractivity contribution is -0.111. The second-order valence-electron chi connectivity index (χ2n) is 10.4. The topological polar surface area (TPSA) is 113 Å². The minimum Gasteiger partial charge on any atom is -0.369 e. The highest BCUT2D eigenvalue weighted by Gasteiger charge is 2.30. The summed E-state index contributed by atoms with van der Waals surface area (Å²) in [5.41, 5.74) is 5.36. The number of urea groups is 1. The van der Waals surface area contributed by atoms with Crippen LogP contribution in [-0.4, -0.2) is 77.0 Å². The number of likely N-dealkylation sites (N-methyl/N-ethyl adjacent to an activating group) is 1. The van der Waals surface area contributed by atoms with E-state index < -0.39 is 0 Å². The number of H-pyrrole nitrogens is 1. The standard InChI is InChI=1S/C30H33N9O2/c1-4-26(40)34-25-7-5-6-24-27(25)20(16-31-24)18-39-19-21-17-32-29(35-28(21)37(3)30(39)41)33-22-8-10-23(11-9-22)38-14-12-36(2)13-15-38/h4-11,16-17,31H,1,12-15,18-19H2,2-3H3,(H,34,40)(H,32,33,35). The average molecular weight is 552 g/mol. The molecule has 11 nitrogen and oxygen atoms in total. The summed E-state index contributed by atoms with van der Waals surface area (Å²) in [6.07, 6.45) is 4.87. The SMILES string of the molecule is C=CC(=O)Nc1cccc2[nH]cc(CN3Cc4cnc(Nc5ccc(N6CCN(C)CC6)cc5)nc4N(C)C3=O)c12. The van der Waals surface area contributed by atoms with Gasteiger partial charge in [0.15, 0.2) is 0 Å². The molecule has 210 valence electrons. The fraction of sp³-hybridized carbons (Fsp3) is 0.267. The number of aromatic amines is 1. The van der Waals surface area contributed by atoms with Crippen molar-refractivity contribution in [1.82, 2.24) is 24.8 Å². The number of amides is 3. The summed E-state index contributed by atoms with van der Waals surface area (Å²) in [5.74, 6) is 0.721. The molecule has 2 aromatic carbocycles. The zero-order chi connectivity index (χ0) is 28.5. The van der Waals surface area contributed by atoms with E-state index in [0.29, 0.717) is 30.5 Å². The Morgan fingerprint density at radius 3 is 2.63 bits per heavy atom. The van der Waals surface area contributed by atoms with Gasteiger partial charge in [0.1, 0.15) is 5.82 Å². The van der Waals surface area contributed by atoms with Gasteiger partial charge in [-0.05, 0) is 55.1 Å². The Kier molecular flexibility index (Phi) is 7.02. The van der Waals surface area contributed by atoms with E-state index in [1.54, 1.807) is 23.0 Å². The van der Waals surface area contributed by atoms with Crippen LogP contribution in [0.3, 0.4) is 0 Å². The Hall–Kier alpha value is -4.90. The summed E-state index contributed by atoms with van der Waals surface area (Å²) >= 11 is 0. The lowest BCUT2D eigenvalue weighted by Gasteiger charge is -2.34. The summed E-state index contributed by atoms with van der Waals surface area (Å²) < 4.78 is 0. The number of carbonyl (C=O) groups excluding carboxylic acids is 2. The molecule has 6 rings (SSSR count). The van der Waals surface area contributed by atoms with E-state index in [4.69, 9.17) is 0 Å². The smallest absolute Gasteiger partial charge is 0.326 e. The van der Waals surface area contributed by atoms with Gasteiger partial charge in [-0.3, -0.25) is 9.69 Å². The fourth-order valence-corrected chi connectivity index (χ4v) is 5.38. The highest BCUT2D eigenvalue weighted by Crippen LogP contribution is 2.32. The first-order valence-corrected chi connectivity index (χ1v) is 13.6. The van der Waals surface area contributed by atoms with Crippen molar-refractivity contribution < 1.29 is 9.59 Å². The summed E-state index contributed by atoms with van der Waals surface area (Å²) in [6.45, 7) is 8.40. The van der Waals surface area contributed by atoms with Crippen molar-refractivity contribution in [2.45, 2.75) is 13.1 Å². The number of hydrogen-bond donors (Lipinski definition) is 3. The third kappa shape index (κ3) is 5.31. The molecule has 2 aliphatic heterocycles. The first-order chi connectivity index (χ1) is 19.9. The zero-order valence-electron chi connectivity index (χ0n) is 23.2. The molecule has 1 fully saturated rings. The summed E-state index contributed by atoms with van der Waals surface area (Å²) in [4.78, 5) is 45.9. The lowest BCUT2D eigenvalue weighted by Crippen LogP contribution is -2.45. The Balaban J connectivity index is 1.17. The number of anilines is 5. The molecule has 0 spiro atoms. The molecular weight excluding hydrogens is 518 g/mol. The van der Waals surface area contributed by atoms with Gasteiger partial charge in [0, 0.05) is 80.0 Å². The van der Waals surface area contributed by atoms with E-state index >= 15 is 0 Å². The largest absolute Gasteiger partial charge is 0.369 e. The van der Waals surface area contributed by atoms with Gasteiger partial charge in [-0.1, -0.05) is 12.6 Å². The van der Waals surface area contributed by atoms with Crippen LogP contribution < -0.4 is 20.4 Å². The summed E-state index contributed by atoms with van der Waals surface area (Å²) in [5, 5.41) is 6.99. The maximum absolute atomic E-state index is 13.4. The van der Waals surface area contributed by atoms with E-state index in [-0.39, 0.29) is 11.9 Å². The Morgan fingerprint density at radius 1 is 1.10 bits per heavy atom. The minimum atomic E-state index is -0.292. The quantitative estimate of drug-likeness (QED) is 0.296. The summed E-state index contributed by atoms with van der Waals surface area (Å²) in [7, 11) is 3.87. The third-order valence-corrected chi connectivity index (χ3v) is 7.66. The number of rotatable bonds is 7. The predicted molar refractivity (Wildman–Crippen MR) is 162 cm³/mol. The molecule has 0 saturated carbocycles. The van der Waals surface area contributed by atoms with Crippen molar-refractivity contribution in [2.24, 2.45) is 0 Å². The molecule has 2 aromatic heterocycles. The maximum Gasteiger partial charge on any atom is 0.326 e. The predicted octanol–water partition coefficient (Wildman–Crippen LogP) is 4.15. The number of carbonyl (C=O) groups is 2. The van der Waals surface area contributed by atoms with Crippen LogP contribution in [0.4, 0.5) is 33.6 Å². The van der Waals surface area contributed by atoms with Gasteiger partial charge in [-0.15, -0.1) is 0 Å². The molecule has 3 N–H and O–H groups in total. The van der Waals surface area contributed by atoms with Crippen LogP contribution in [0.5, 0.6) is 0 Å². The second-order valence-corrected chi connectivity index (χ2v) is 10.4. The first-order valence-electron chi connectivity index (χ1n) is 13.6. The van der Waals surface area contributed by atoms with Crippen LogP contribution in [0.1, 0.15) is 11.1 Å². The molecule has 2 aliphatic rings. The van der Waals surface area contributed by atoms with Crippen molar-refractivity contribution in [3.05, 3.63) is 78.6 Å². The van der Waals surface area contributed by atoms with Gasteiger partial charge in [0.25, 0.3) is 0 Å². The maximum atomic E-state index is 13.4. The van der Waals surface area contributed by atoms with Crippen LogP contribution in [0.2, 0.25) is 0 Å². The molecule has 4 heterocycles. The van der Waals surface area contributed by atoms with Gasteiger partial charge in [-0.25, -0.2) is 9.78 Å². The highest BCUT2D eigenvalue weighted by atomic mass is 16.2. The molecule has 0 radical (unpaired) electrons. The molecule has 11 heteroatoms. The van der Waals surface area contributed by atoms with E-state index in [1.807, 2.05) is 36.5 Å². The Bertz CT molecular complexity index is 1610. The number of fused-ring (bicyclic) bond motifs is 2. The zero-order valence-corrected chi connectivity index (χ0v) is 23.2. The van der Waals surface area contributed by atoms with Crippen LogP contribution in [0.15, 0.2) is 67.5 Å². The van der Waals surface area contributed by atoms with Gasteiger partial charge in [0.05, 0.1) is 12.2 Å². The molecule has 0 unspecified atom stereocenters. The Labute approximate surface area is 238 Å². The van der Waals surface area contributed by atoms with Crippen molar-refractivity contribution in [3.8, 4) is 0 Å². The van der Waals surface area contributed by atoms with E-state index in [2.05, 4.69) is 61.1 Å². The fourth-order valence-electron chi connectivity index (χ4n) is 5.38. The van der Waals surface area contributed by atoms with Crippen molar-refractivity contribution in [1.29, 1.82) is 0 Å². The van der Waals surface area contributed by atoms with Crippen molar-refractivity contribution >= 4 is 51.7 Å². The third-order valence-electron chi connectivity index (χ3n) is 7.66. The number of aromatic nitrogens is 3. The molecular formula is C30H33N9O2. The number of nitrogens with zero attached hydrogens (tertiary/aromatic N) is 6. The van der Waals surface area contributed by atoms with Crippen LogP contribution in [-0.2, 0) is 17.9 Å². The van der Waals surface area contributed by atoms with Crippen LogP contribution in [0.25, 0.3) is 10.9 Å². The monoisotopic (exact) mass is 551 g/mol. The molecule has 0 aliphatic carbocycles. The molecule has 1 saturated heterocycles. The number of piperazine rings is 1. The van der Waals surface area contributed by atoms with Crippen molar-refractivity contribution in [3.63, 3.8) is 0 Å². The van der Waals surface area contributed by atoms with E-state index in [9.17, 15) is 9.59 Å². The molecule has 0 bridgehead atoms. The number of benzene rings is 2. The van der Waals surface area contributed by atoms with Crippen molar-refractivity contribution in [2.75, 3.05) is 60.7 Å². The van der Waals surface area contributed by atoms with E-state index in [1.165, 1.54) is 11.8 Å². The first kappa shape index (κ1) is 26.3. The second kappa shape index (κ2) is 10.9. The minimum absolute atomic E-state index is 0.166. The summed E-state index contributed by atoms with van der Waals surface area (Å²) in [6, 6.07) is 13.7. The molecule has 41 heavy (non-hydrogen) atoms. The van der Waals surface area contributed by atoms with Gasteiger partial charge in [0.2, 0.25) is 11.9 Å². The van der Waals surface area contributed by atoms with Gasteiger partial charge < -0.3 is 30.3 Å². The molecule has 3 amide bonds. The van der Waals surface area contributed by atoms with Crippen LogP contribution in [0, 0.1) is 0 Å². The number of nitrogens with one attached hydrogen (secondary N) is 3. The Morgan fingerprint density at radius 2 is 1.88 bits per heavy atom. The average Bonchev–Trinajstić information content (AvgIpc) is 3.40. The molecule has 4 aromatic rings.